The maximum atomic E-state index is 12.0. The first kappa shape index (κ1) is 14.5. The van der Waals surface area contributed by atoms with Gasteiger partial charge in [0, 0.05) is 32.7 Å². The number of hydrogen-bond donors (Lipinski definition) is 1. The maximum absolute atomic E-state index is 12.0. The molecule has 1 atom stereocenters. The van der Waals surface area contributed by atoms with E-state index in [4.69, 9.17) is 0 Å². The lowest BCUT2D eigenvalue weighted by molar-refractivity contribution is -0.155. The Bertz CT molecular complexity index is 475. The third kappa shape index (κ3) is 3.17. The predicted molar refractivity (Wildman–Crippen MR) is 77.1 cm³/mol. The molecule has 0 radical (unpaired) electrons. The van der Waals surface area contributed by atoms with E-state index in [1.54, 1.807) is 11.9 Å². The summed E-state index contributed by atoms with van der Waals surface area (Å²) < 4.78 is 0. The van der Waals surface area contributed by atoms with Crippen LogP contribution in [0.3, 0.4) is 0 Å². The fourth-order valence-corrected chi connectivity index (χ4v) is 2.39. The van der Waals surface area contributed by atoms with E-state index >= 15 is 0 Å². The van der Waals surface area contributed by atoms with Crippen LogP contribution in [0.2, 0.25) is 0 Å². The van der Waals surface area contributed by atoms with Crippen molar-refractivity contribution in [2.24, 2.45) is 0 Å². The quantitative estimate of drug-likeness (QED) is 0.802. The lowest BCUT2D eigenvalue weighted by atomic mass is 10.1. The first-order chi connectivity index (χ1) is 9.63. The number of benzene rings is 1. The van der Waals surface area contributed by atoms with Crippen LogP contribution in [-0.4, -0.2) is 54.8 Å². The average Bonchev–Trinajstić information content (AvgIpc) is 2.48. The molecule has 2 amide bonds. The molecule has 1 aromatic rings. The van der Waals surface area contributed by atoms with Crippen molar-refractivity contribution >= 4 is 11.8 Å². The van der Waals surface area contributed by atoms with Crippen LogP contribution in [0, 0.1) is 0 Å². The highest BCUT2D eigenvalue weighted by Gasteiger charge is 2.31. The summed E-state index contributed by atoms with van der Waals surface area (Å²) in [6, 6.07) is 10.1. The van der Waals surface area contributed by atoms with E-state index in [2.05, 4.69) is 5.32 Å². The summed E-state index contributed by atoms with van der Waals surface area (Å²) in [7, 11) is 1.66. The van der Waals surface area contributed by atoms with Crippen LogP contribution < -0.4 is 5.32 Å². The number of likely N-dealkylation sites (N-methyl/N-ethyl adjacent to an activating group) is 2. The Morgan fingerprint density at radius 1 is 1.15 bits per heavy atom. The highest BCUT2D eigenvalue weighted by Crippen LogP contribution is 2.15. The number of carbonyl (C=O) groups is 2. The van der Waals surface area contributed by atoms with Gasteiger partial charge in [0.25, 0.3) is 0 Å². The van der Waals surface area contributed by atoms with Gasteiger partial charge < -0.3 is 15.1 Å². The molecule has 1 saturated heterocycles. The van der Waals surface area contributed by atoms with E-state index < -0.39 is 11.8 Å². The fraction of sp³-hybridized carbons (Fsp3) is 0.467. The minimum absolute atomic E-state index is 0.0568. The zero-order valence-electron chi connectivity index (χ0n) is 12.0. The predicted octanol–water partition coefficient (Wildman–Crippen LogP) is 0.638. The van der Waals surface area contributed by atoms with Crippen LogP contribution in [0.25, 0.3) is 0 Å². The Balaban J connectivity index is 2.09. The monoisotopic (exact) mass is 275 g/mol. The van der Waals surface area contributed by atoms with E-state index in [9.17, 15) is 9.59 Å². The largest absolute Gasteiger partial charge is 0.336 e. The molecule has 20 heavy (non-hydrogen) atoms. The number of nitrogens with one attached hydrogen (secondary N) is 1. The second-order valence-electron chi connectivity index (χ2n) is 5.00. The minimum atomic E-state index is -0.417. The molecule has 1 unspecified atom stereocenters. The molecule has 0 aliphatic carbocycles. The van der Waals surface area contributed by atoms with Crippen molar-refractivity contribution in [1.82, 2.24) is 15.1 Å². The van der Waals surface area contributed by atoms with Crippen molar-refractivity contribution in [1.29, 1.82) is 0 Å². The van der Waals surface area contributed by atoms with E-state index in [0.717, 1.165) is 12.1 Å². The van der Waals surface area contributed by atoms with Gasteiger partial charge in [-0.2, -0.15) is 0 Å². The Hall–Kier alpha value is -1.88. The van der Waals surface area contributed by atoms with Gasteiger partial charge in [-0.05, 0) is 12.1 Å². The molecule has 1 aromatic carbocycles. The highest BCUT2D eigenvalue weighted by molar-refractivity contribution is 6.35. The molecular weight excluding hydrogens is 254 g/mol. The van der Waals surface area contributed by atoms with Crippen LogP contribution in [0.4, 0.5) is 0 Å². The first-order valence-electron chi connectivity index (χ1n) is 6.96. The number of carbonyl (C=O) groups excluding carboxylic acids is 2. The van der Waals surface area contributed by atoms with Crippen molar-refractivity contribution < 1.29 is 9.59 Å². The highest BCUT2D eigenvalue weighted by atomic mass is 16.2. The lowest BCUT2D eigenvalue weighted by Gasteiger charge is -2.34. The van der Waals surface area contributed by atoms with Gasteiger partial charge in [0.2, 0.25) is 0 Å². The fourth-order valence-electron chi connectivity index (χ4n) is 2.39. The second kappa shape index (κ2) is 6.52. The summed E-state index contributed by atoms with van der Waals surface area (Å²) >= 11 is 0. The standard InChI is InChI=1S/C15H21N3O2/c1-3-16-13(12-7-5-4-6-8-12)11-18-10-9-17(2)14(19)15(18)20/h4-8,13,16H,3,9-11H2,1-2H3. The Kier molecular flexibility index (Phi) is 4.74. The van der Waals surface area contributed by atoms with Gasteiger partial charge in [-0.3, -0.25) is 9.59 Å². The molecule has 0 saturated carbocycles. The van der Waals surface area contributed by atoms with E-state index in [-0.39, 0.29) is 6.04 Å². The second-order valence-corrected chi connectivity index (χ2v) is 5.00. The van der Waals surface area contributed by atoms with Crippen LogP contribution in [0.1, 0.15) is 18.5 Å². The number of hydrogen-bond acceptors (Lipinski definition) is 3. The number of piperazine rings is 1. The summed E-state index contributed by atoms with van der Waals surface area (Å²) in [5.41, 5.74) is 1.13. The topological polar surface area (TPSA) is 52.6 Å². The molecule has 1 N–H and O–H groups in total. The summed E-state index contributed by atoms with van der Waals surface area (Å²) in [4.78, 5) is 26.9. The molecule has 5 heteroatoms. The molecule has 108 valence electrons. The van der Waals surface area contributed by atoms with Crippen LogP contribution in [0.5, 0.6) is 0 Å². The van der Waals surface area contributed by atoms with Crippen molar-refractivity contribution in [2.75, 3.05) is 33.2 Å². The van der Waals surface area contributed by atoms with E-state index in [0.29, 0.717) is 19.6 Å². The van der Waals surface area contributed by atoms with Crippen molar-refractivity contribution in [3.63, 3.8) is 0 Å². The summed E-state index contributed by atoms with van der Waals surface area (Å²) in [5.74, 6) is -0.822. The molecule has 0 spiro atoms. The van der Waals surface area contributed by atoms with Gasteiger partial charge in [0.05, 0.1) is 0 Å². The number of rotatable bonds is 5. The zero-order valence-corrected chi connectivity index (χ0v) is 12.0. The van der Waals surface area contributed by atoms with Crippen molar-refractivity contribution in [3.05, 3.63) is 35.9 Å². The molecule has 0 aromatic heterocycles. The van der Waals surface area contributed by atoms with Crippen molar-refractivity contribution in [3.8, 4) is 0 Å². The maximum Gasteiger partial charge on any atom is 0.312 e. The van der Waals surface area contributed by atoms with E-state index in [1.807, 2.05) is 37.3 Å². The third-order valence-electron chi connectivity index (χ3n) is 3.58. The SMILES string of the molecule is CCNC(CN1CCN(C)C(=O)C1=O)c1ccccc1. The van der Waals surface area contributed by atoms with Gasteiger partial charge in [-0.1, -0.05) is 37.3 Å². The summed E-state index contributed by atoms with van der Waals surface area (Å²) in [5, 5.41) is 3.37. The molecule has 1 heterocycles. The van der Waals surface area contributed by atoms with Gasteiger partial charge in [0.1, 0.15) is 0 Å². The molecular formula is C15H21N3O2. The van der Waals surface area contributed by atoms with E-state index in [1.165, 1.54) is 4.90 Å². The first-order valence-corrected chi connectivity index (χ1v) is 6.96. The van der Waals surface area contributed by atoms with Crippen molar-refractivity contribution in [2.45, 2.75) is 13.0 Å². The number of amides is 2. The summed E-state index contributed by atoms with van der Waals surface area (Å²) in [6.07, 6.45) is 0. The van der Waals surface area contributed by atoms with Gasteiger partial charge in [-0.15, -0.1) is 0 Å². The third-order valence-corrected chi connectivity index (χ3v) is 3.58. The lowest BCUT2D eigenvalue weighted by Crippen LogP contribution is -2.54. The normalized spacial score (nSPS) is 17.5. The Morgan fingerprint density at radius 2 is 1.85 bits per heavy atom. The average molecular weight is 275 g/mol. The Morgan fingerprint density at radius 3 is 2.50 bits per heavy atom. The minimum Gasteiger partial charge on any atom is -0.336 e. The van der Waals surface area contributed by atoms with Crippen LogP contribution in [0.15, 0.2) is 30.3 Å². The van der Waals surface area contributed by atoms with Gasteiger partial charge in [-0.25, -0.2) is 0 Å². The molecule has 1 aliphatic rings. The molecule has 0 bridgehead atoms. The molecule has 5 nitrogen and oxygen atoms in total. The molecule has 1 fully saturated rings. The number of nitrogens with zero attached hydrogens (tertiary/aromatic N) is 2. The Labute approximate surface area is 119 Å². The van der Waals surface area contributed by atoms with Gasteiger partial charge in [0.15, 0.2) is 0 Å². The zero-order chi connectivity index (χ0) is 14.5. The van der Waals surface area contributed by atoms with Crippen LogP contribution >= 0.6 is 0 Å². The molecule has 2 rings (SSSR count). The smallest absolute Gasteiger partial charge is 0.312 e. The van der Waals surface area contributed by atoms with Crippen LogP contribution in [-0.2, 0) is 9.59 Å². The molecule has 1 aliphatic heterocycles. The van der Waals surface area contributed by atoms with Gasteiger partial charge >= 0.3 is 11.8 Å². The summed E-state index contributed by atoms with van der Waals surface area (Å²) in [6.45, 7) is 4.56.